The van der Waals surface area contributed by atoms with Gasteiger partial charge in [0, 0.05) is 24.8 Å². The molecule has 0 aliphatic carbocycles. The van der Waals surface area contributed by atoms with Crippen molar-refractivity contribution in [3.05, 3.63) is 24.9 Å². The van der Waals surface area contributed by atoms with Crippen LogP contribution in [0.25, 0.3) is 11.3 Å². The minimum Gasteiger partial charge on any atom is -0.328 e. The van der Waals surface area contributed by atoms with E-state index in [4.69, 9.17) is 5.73 Å². The normalized spacial score (nSPS) is 14.8. The maximum atomic E-state index is 6.01. The van der Waals surface area contributed by atoms with Gasteiger partial charge in [-0.2, -0.15) is 5.10 Å². The quantitative estimate of drug-likeness (QED) is 0.896. The molecule has 2 rings (SSSR count). The van der Waals surface area contributed by atoms with E-state index >= 15 is 0 Å². The van der Waals surface area contributed by atoms with Gasteiger partial charge in [0.1, 0.15) is 0 Å². The van der Waals surface area contributed by atoms with Crippen LogP contribution in [0.3, 0.4) is 0 Å². The second-order valence-corrected chi connectivity index (χ2v) is 5.45. The molecule has 19 heavy (non-hydrogen) atoms. The van der Waals surface area contributed by atoms with Gasteiger partial charge in [-0.3, -0.25) is 4.68 Å². The lowest BCUT2D eigenvalue weighted by molar-refractivity contribution is 0.233. The Morgan fingerprint density at radius 3 is 2.63 bits per heavy atom. The number of imidazole rings is 1. The summed E-state index contributed by atoms with van der Waals surface area (Å²) in [7, 11) is 0. The molecule has 0 radical (unpaired) electrons. The molecule has 1 unspecified atom stereocenters. The summed E-state index contributed by atoms with van der Waals surface area (Å²) in [4.78, 5) is 4.30. The Bertz CT molecular complexity index is 540. The second kappa shape index (κ2) is 5.17. The van der Waals surface area contributed by atoms with Crippen LogP contribution in [0.4, 0.5) is 0 Å². The molecule has 0 amide bonds. The zero-order valence-corrected chi connectivity index (χ0v) is 12.2. The van der Waals surface area contributed by atoms with Crippen LogP contribution >= 0.6 is 0 Å². The van der Waals surface area contributed by atoms with Crippen molar-refractivity contribution >= 4 is 0 Å². The Balaban J connectivity index is 2.47. The highest BCUT2D eigenvalue weighted by atomic mass is 15.3. The molecule has 0 aromatic carbocycles. The summed E-state index contributed by atoms with van der Waals surface area (Å²) >= 11 is 0. The lowest BCUT2D eigenvalue weighted by atomic mass is 9.88. The summed E-state index contributed by atoms with van der Waals surface area (Å²) in [6.07, 6.45) is 7.68. The monoisotopic (exact) mass is 261 g/mol. The standard InChI is InChI=1S/C14H23N5/c1-5-18-8-12(6-17-18)13-7-16-10-19(13)14(4,9-15)11(2)3/h6-8,10-11H,5,9,15H2,1-4H3. The van der Waals surface area contributed by atoms with Gasteiger partial charge in [-0.1, -0.05) is 13.8 Å². The van der Waals surface area contributed by atoms with Crippen molar-refractivity contribution in [2.75, 3.05) is 6.54 Å². The minimum absolute atomic E-state index is 0.139. The van der Waals surface area contributed by atoms with Gasteiger partial charge < -0.3 is 10.3 Å². The van der Waals surface area contributed by atoms with E-state index in [0.717, 1.165) is 17.8 Å². The van der Waals surface area contributed by atoms with Crippen molar-refractivity contribution in [3.8, 4) is 11.3 Å². The van der Waals surface area contributed by atoms with Crippen LogP contribution in [0, 0.1) is 5.92 Å². The fourth-order valence-corrected chi connectivity index (χ4v) is 2.20. The molecule has 104 valence electrons. The van der Waals surface area contributed by atoms with Crippen molar-refractivity contribution in [2.45, 2.75) is 39.8 Å². The molecular weight excluding hydrogens is 238 g/mol. The Hall–Kier alpha value is -1.62. The summed E-state index contributed by atoms with van der Waals surface area (Å²) in [6.45, 7) is 10.1. The first kappa shape index (κ1) is 13.8. The van der Waals surface area contributed by atoms with Gasteiger partial charge in [-0.15, -0.1) is 0 Å². The molecule has 2 aromatic heterocycles. The van der Waals surface area contributed by atoms with Crippen LogP contribution in [0.2, 0.25) is 0 Å². The predicted molar refractivity (Wildman–Crippen MR) is 76.7 cm³/mol. The maximum absolute atomic E-state index is 6.01. The molecule has 0 saturated heterocycles. The number of hydrogen-bond donors (Lipinski definition) is 1. The van der Waals surface area contributed by atoms with E-state index in [9.17, 15) is 0 Å². The molecule has 0 bridgehead atoms. The first-order valence-corrected chi connectivity index (χ1v) is 6.78. The number of aryl methyl sites for hydroxylation is 1. The lowest BCUT2D eigenvalue weighted by Gasteiger charge is -2.35. The van der Waals surface area contributed by atoms with E-state index in [1.54, 1.807) is 0 Å². The van der Waals surface area contributed by atoms with Gasteiger partial charge in [-0.25, -0.2) is 4.98 Å². The smallest absolute Gasteiger partial charge is 0.0956 e. The van der Waals surface area contributed by atoms with Crippen LogP contribution in [-0.4, -0.2) is 25.9 Å². The van der Waals surface area contributed by atoms with Crippen molar-refractivity contribution < 1.29 is 0 Å². The molecule has 0 aliphatic rings. The molecule has 5 heteroatoms. The van der Waals surface area contributed by atoms with Crippen LogP contribution in [0.5, 0.6) is 0 Å². The molecule has 0 saturated carbocycles. The zero-order chi connectivity index (χ0) is 14.0. The van der Waals surface area contributed by atoms with Crippen LogP contribution < -0.4 is 5.73 Å². The molecule has 2 heterocycles. The van der Waals surface area contributed by atoms with Gasteiger partial charge in [0.15, 0.2) is 0 Å². The molecule has 5 nitrogen and oxygen atoms in total. The van der Waals surface area contributed by atoms with Crippen molar-refractivity contribution in [2.24, 2.45) is 11.7 Å². The first-order valence-electron chi connectivity index (χ1n) is 6.78. The first-order chi connectivity index (χ1) is 9.02. The van der Waals surface area contributed by atoms with E-state index in [-0.39, 0.29) is 5.54 Å². The zero-order valence-electron chi connectivity index (χ0n) is 12.2. The highest BCUT2D eigenvalue weighted by Crippen LogP contribution is 2.30. The third kappa shape index (κ3) is 2.30. The number of nitrogens with zero attached hydrogens (tertiary/aromatic N) is 4. The van der Waals surface area contributed by atoms with Gasteiger partial charge in [-0.05, 0) is 19.8 Å². The summed E-state index contributed by atoms with van der Waals surface area (Å²) < 4.78 is 4.09. The van der Waals surface area contributed by atoms with Crippen molar-refractivity contribution in [1.29, 1.82) is 0 Å². The average molecular weight is 261 g/mol. The Labute approximate surface area is 114 Å². The van der Waals surface area contributed by atoms with Gasteiger partial charge in [0.25, 0.3) is 0 Å². The number of rotatable bonds is 5. The number of hydrogen-bond acceptors (Lipinski definition) is 3. The molecule has 2 N–H and O–H groups in total. The Morgan fingerprint density at radius 2 is 2.11 bits per heavy atom. The second-order valence-electron chi connectivity index (χ2n) is 5.45. The lowest BCUT2D eigenvalue weighted by Crippen LogP contribution is -2.42. The fourth-order valence-electron chi connectivity index (χ4n) is 2.20. The molecule has 0 fully saturated rings. The van der Waals surface area contributed by atoms with E-state index in [1.165, 1.54) is 0 Å². The van der Waals surface area contributed by atoms with Crippen molar-refractivity contribution in [3.63, 3.8) is 0 Å². The topological polar surface area (TPSA) is 61.7 Å². The molecule has 2 aromatic rings. The van der Waals surface area contributed by atoms with E-state index in [0.29, 0.717) is 12.5 Å². The van der Waals surface area contributed by atoms with Gasteiger partial charge in [0.2, 0.25) is 0 Å². The SMILES string of the molecule is CCn1cc(-c2cncn2C(C)(CN)C(C)C)cn1. The largest absolute Gasteiger partial charge is 0.328 e. The van der Waals surface area contributed by atoms with E-state index < -0.39 is 0 Å². The number of nitrogens with two attached hydrogens (primary N) is 1. The molecular formula is C14H23N5. The Morgan fingerprint density at radius 1 is 1.37 bits per heavy atom. The van der Waals surface area contributed by atoms with Crippen LogP contribution in [0.1, 0.15) is 27.7 Å². The predicted octanol–water partition coefficient (Wildman–Crippen LogP) is 2.10. The minimum atomic E-state index is -0.139. The maximum Gasteiger partial charge on any atom is 0.0956 e. The average Bonchev–Trinajstić information content (AvgIpc) is 3.05. The third-order valence-corrected chi connectivity index (χ3v) is 4.10. The van der Waals surface area contributed by atoms with Gasteiger partial charge >= 0.3 is 0 Å². The van der Waals surface area contributed by atoms with E-state index in [1.807, 2.05) is 29.6 Å². The fraction of sp³-hybridized carbons (Fsp3) is 0.571. The number of aromatic nitrogens is 4. The van der Waals surface area contributed by atoms with E-state index in [2.05, 4.69) is 42.3 Å². The molecule has 0 spiro atoms. The highest BCUT2D eigenvalue weighted by molar-refractivity contribution is 5.57. The summed E-state index contributed by atoms with van der Waals surface area (Å²) in [5.74, 6) is 0.423. The van der Waals surface area contributed by atoms with Crippen molar-refractivity contribution in [1.82, 2.24) is 19.3 Å². The van der Waals surface area contributed by atoms with Crippen LogP contribution in [0.15, 0.2) is 24.9 Å². The summed E-state index contributed by atoms with van der Waals surface area (Å²) in [5, 5.41) is 4.33. The third-order valence-electron chi connectivity index (χ3n) is 4.10. The summed E-state index contributed by atoms with van der Waals surface area (Å²) in [5.41, 5.74) is 8.02. The highest BCUT2D eigenvalue weighted by Gasteiger charge is 2.30. The summed E-state index contributed by atoms with van der Waals surface area (Å²) in [6, 6.07) is 0. The molecule has 1 atom stereocenters. The van der Waals surface area contributed by atoms with Gasteiger partial charge in [0.05, 0.1) is 30.0 Å². The molecule has 0 aliphatic heterocycles. The van der Waals surface area contributed by atoms with Crippen LogP contribution in [-0.2, 0) is 12.1 Å². The Kier molecular flexibility index (Phi) is 3.75.